The maximum atomic E-state index is 10.9. The van der Waals surface area contributed by atoms with Crippen LogP contribution < -0.4 is 0 Å². The van der Waals surface area contributed by atoms with Gasteiger partial charge in [0, 0.05) is 20.6 Å². The predicted octanol–water partition coefficient (Wildman–Crippen LogP) is 0.173. The van der Waals surface area contributed by atoms with E-state index in [2.05, 4.69) is 0 Å². The molecule has 0 spiro atoms. The molecule has 1 aliphatic rings. The Balaban J connectivity index is 3.53. The van der Waals surface area contributed by atoms with E-state index < -0.39 is 46.8 Å². The van der Waals surface area contributed by atoms with Crippen LogP contribution in [0.15, 0.2) is 22.7 Å². The lowest BCUT2D eigenvalue weighted by atomic mass is 9.90. The number of methoxy groups -OCH3 is 2. The molecular formula is C10H12O8. The average molecular weight is 260 g/mol. The van der Waals surface area contributed by atoms with Crippen LogP contribution in [-0.4, -0.2) is 52.4 Å². The van der Waals surface area contributed by atoms with Crippen molar-refractivity contribution >= 4 is 11.9 Å². The predicted molar refractivity (Wildman–Crippen MR) is 55.9 cm³/mol. The number of carbonyl (C=O) groups is 2. The monoisotopic (exact) mass is 260 g/mol. The summed E-state index contributed by atoms with van der Waals surface area (Å²) in [6.45, 7) is 0. The number of aliphatic hydroxyl groups excluding tert-OH is 2. The Morgan fingerprint density at radius 1 is 1.00 bits per heavy atom. The van der Waals surface area contributed by atoms with E-state index in [4.69, 9.17) is 19.7 Å². The summed E-state index contributed by atoms with van der Waals surface area (Å²) in [6, 6.07) is 0. The molecule has 4 N–H and O–H groups in total. The molecule has 0 aromatic rings. The van der Waals surface area contributed by atoms with Gasteiger partial charge in [-0.1, -0.05) is 0 Å². The van der Waals surface area contributed by atoms with E-state index in [9.17, 15) is 19.8 Å². The zero-order valence-electron chi connectivity index (χ0n) is 9.63. The number of carboxylic acids is 2. The van der Waals surface area contributed by atoms with Gasteiger partial charge in [0.05, 0.1) is 11.1 Å². The van der Waals surface area contributed by atoms with Crippen LogP contribution in [0.2, 0.25) is 0 Å². The van der Waals surface area contributed by atoms with Crippen LogP contribution in [0.25, 0.3) is 0 Å². The normalized spacial score (nSPS) is 19.0. The zero-order chi connectivity index (χ0) is 14.1. The van der Waals surface area contributed by atoms with Gasteiger partial charge in [-0.2, -0.15) is 0 Å². The third kappa shape index (κ3) is 1.81. The Hall–Kier alpha value is -2.06. The maximum Gasteiger partial charge on any atom is 0.335 e. The van der Waals surface area contributed by atoms with Gasteiger partial charge < -0.3 is 29.9 Å². The van der Waals surface area contributed by atoms with Gasteiger partial charge in [0.15, 0.2) is 11.5 Å². The number of hydrogen-bond acceptors (Lipinski definition) is 6. The van der Waals surface area contributed by atoms with Gasteiger partial charge in [0.1, 0.15) is 0 Å². The number of hydrogen-bond donors (Lipinski definition) is 4. The molecule has 100 valence electrons. The van der Waals surface area contributed by atoms with Crippen molar-refractivity contribution in [2.45, 2.75) is 12.2 Å². The number of carboxylic acid groups (broad SMARTS) is 2. The molecule has 0 radical (unpaired) electrons. The van der Waals surface area contributed by atoms with Gasteiger partial charge in [-0.25, -0.2) is 9.59 Å². The molecule has 0 unspecified atom stereocenters. The minimum atomic E-state index is -2.31. The van der Waals surface area contributed by atoms with E-state index in [-0.39, 0.29) is 0 Å². The highest BCUT2D eigenvalue weighted by Gasteiger charge is 2.49. The first kappa shape index (κ1) is 14.0. The van der Waals surface area contributed by atoms with Crippen molar-refractivity contribution in [1.29, 1.82) is 0 Å². The Morgan fingerprint density at radius 3 is 1.56 bits per heavy atom. The quantitative estimate of drug-likeness (QED) is 0.525. The molecule has 0 fully saturated rings. The molecule has 1 rings (SSSR count). The third-order valence-corrected chi connectivity index (χ3v) is 2.64. The summed E-state index contributed by atoms with van der Waals surface area (Å²) in [5.41, 5.74) is -1.23. The standard InChI is InChI=1S/C10H12O8/c1-17-10(18-2)6(11)4(8(13)14)3-5(7(10)12)9(15)16/h11-12H,3H2,1-2H3,(H,13,14)(H,15,16). The van der Waals surface area contributed by atoms with Crippen LogP contribution in [0.3, 0.4) is 0 Å². The van der Waals surface area contributed by atoms with Gasteiger partial charge >= 0.3 is 11.9 Å². The molecular weight excluding hydrogens is 248 g/mol. The highest BCUT2D eigenvalue weighted by molar-refractivity contribution is 5.95. The lowest BCUT2D eigenvalue weighted by Crippen LogP contribution is -2.43. The first-order chi connectivity index (χ1) is 8.31. The van der Waals surface area contributed by atoms with Crippen molar-refractivity contribution in [1.82, 2.24) is 0 Å². The number of aliphatic carboxylic acids is 2. The van der Waals surface area contributed by atoms with Gasteiger partial charge in [-0.15, -0.1) is 0 Å². The first-order valence-electron chi connectivity index (χ1n) is 4.73. The average Bonchev–Trinajstić information content (AvgIpc) is 2.30. The van der Waals surface area contributed by atoms with Gasteiger partial charge in [-0.05, 0) is 0 Å². The molecule has 0 saturated heterocycles. The molecule has 0 atom stereocenters. The van der Waals surface area contributed by atoms with Crippen LogP contribution >= 0.6 is 0 Å². The van der Waals surface area contributed by atoms with Gasteiger partial charge in [0.2, 0.25) is 0 Å². The molecule has 0 amide bonds. The lowest BCUT2D eigenvalue weighted by Gasteiger charge is -2.33. The van der Waals surface area contributed by atoms with Crippen LogP contribution in [-0.2, 0) is 19.1 Å². The second-order valence-electron chi connectivity index (χ2n) is 3.47. The summed E-state index contributed by atoms with van der Waals surface area (Å²) in [6.07, 6.45) is -0.642. The molecule has 18 heavy (non-hydrogen) atoms. The van der Waals surface area contributed by atoms with E-state index in [0.717, 1.165) is 14.2 Å². The summed E-state index contributed by atoms with van der Waals surface area (Å²) in [4.78, 5) is 21.9. The molecule has 0 aromatic heterocycles. The fourth-order valence-electron chi connectivity index (χ4n) is 1.68. The Labute approximate surface area is 101 Å². The largest absolute Gasteiger partial charge is 0.506 e. The maximum absolute atomic E-state index is 10.9. The smallest absolute Gasteiger partial charge is 0.335 e. The summed E-state index contributed by atoms with van der Waals surface area (Å²) in [7, 11) is 2.06. The second-order valence-corrected chi connectivity index (χ2v) is 3.47. The summed E-state index contributed by atoms with van der Waals surface area (Å²) in [5.74, 6) is -7.14. The highest BCUT2D eigenvalue weighted by atomic mass is 16.7. The molecule has 0 saturated carbocycles. The molecule has 0 aliphatic heterocycles. The van der Waals surface area contributed by atoms with Crippen molar-refractivity contribution in [3.63, 3.8) is 0 Å². The van der Waals surface area contributed by atoms with Crippen molar-refractivity contribution in [2.24, 2.45) is 0 Å². The summed E-state index contributed by atoms with van der Waals surface area (Å²) in [5, 5.41) is 37.3. The van der Waals surface area contributed by atoms with E-state index in [1.54, 1.807) is 0 Å². The van der Waals surface area contributed by atoms with E-state index in [0.29, 0.717) is 0 Å². The summed E-state index contributed by atoms with van der Waals surface area (Å²) >= 11 is 0. The lowest BCUT2D eigenvalue weighted by molar-refractivity contribution is -0.193. The fraction of sp³-hybridized carbons (Fsp3) is 0.400. The van der Waals surface area contributed by atoms with E-state index in [1.807, 2.05) is 0 Å². The highest BCUT2D eigenvalue weighted by Crippen LogP contribution is 2.38. The van der Waals surface area contributed by atoms with Crippen molar-refractivity contribution in [3.05, 3.63) is 22.7 Å². The molecule has 8 nitrogen and oxygen atoms in total. The number of rotatable bonds is 4. The minimum Gasteiger partial charge on any atom is -0.506 e. The van der Waals surface area contributed by atoms with Crippen molar-refractivity contribution < 1.29 is 39.5 Å². The Bertz CT molecular complexity index is 416. The zero-order valence-corrected chi connectivity index (χ0v) is 9.63. The van der Waals surface area contributed by atoms with Crippen molar-refractivity contribution in [3.8, 4) is 0 Å². The van der Waals surface area contributed by atoms with Gasteiger partial charge in [0.25, 0.3) is 5.79 Å². The summed E-state index contributed by atoms with van der Waals surface area (Å²) < 4.78 is 9.50. The van der Waals surface area contributed by atoms with E-state index >= 15 is 0 Å². The Kier molecular flexibility index (Phi) is 3.63. The Morgan fingerprint density at radius 2 is 1.33 bits per heavy atom. The van der Waals surface area contributed by atoms with Crippen LogP contribution in [0, 0.1) is 0 Å². The van der Waals surface area contributed by atoms with Crippen molar-refractivity contribution in [2.75, 3.05) is 14.2 Å². The topological polar surface area (TPSA) is 134 Å². The SMILES string of the molecule is COC1(OC)C(O)=C(C(=O)O)CC(C(=O)O)=C1O. The molecule has 8 heteroatoms. The van der Waals surface area contributed by atoms with Gasteiger partial charge in [-0.3, -0.25) is 0 Å². The van der Waals surface area contributed by atoms with Crippen LogP contribution in [0.1, 0.15) is 6.42 Å². The molecule has 1 aliphatic carbocycles. The van der Waals surface area contributed by atoms with Crippen LogP contribution in [0.4, 0.5) is 0 Å². The van der Waals surface area contributed by atoms with E-state index in [1.165, 1.54) is 0 Å². The second kappa shape index (κ2) is 4.67. The number of ether oxygens (including phenoxy) is 2. The first-order valence-corrected chi connectivity index (χ1v) is 4.73. The number of aliphatic hydroxyl groups is 2. The molecule has 0 bridgehead atoms. The minimum absolute atomic E-state index is 0.617. The van der Waals surface area contributed by atoms with Crippen LogP contribution in [0.5, 0.6) is 0 Å². The molecule has 0 aromatic carbocycles. The third-order valence-electron chi connectivity index (χ3n) is 2.64. The molecule has 0 heterocycles. The fourth-order valence-corrected chi connectivity index (χ4v) is 1.68.